The summed E-state index contributed by atoms with van der Waals surface area (Å²) in [6.45, 7) is -1.29. The SMILES string of the molecule is Cl.N[C@@H](c1ccc(Br)cn1)C(F)(F)CO. The highest BCUT2D eigenvalue weighted by Crippen LogP contribution is 2.27. The fraction of sp³-hybridized carbons (Fsp3) is 0.375. The van der Waals surface area contributed by atoms with Crippen LogP contribution in [0.15, 0.2) is 22.8 Å². The third kappa shape index (κ3) is 3.64. The number of rotatable bonds is 3. The van der Waals surface area contributed by atoms with Crippen molar-refractivity contribution < 1.29 is 13.9 Å². The van der Waals surface area contributed by atoms with Crippen LogP contribution in [0.5, 0.6) is 0 Å². The van der Waals surface area contributed by atoms with Gasteiger partial charge >= 0.3 is 0 Å². The van der Waals surface area contributed by atoms with Gasteiger partial charge in [0.25, 0.3) is 5.92 Å². The Kier molecular flexibility index (Phi) is 5.58. The zero-order chi connectivity index (χ0) is 10.8. The molecule has 3 nitrogen and oxygen atoms in total. The molecule has 15 heavy (non-hydrogen) atoms. The normalized spacial score (nSPS) is 13.1. The molecule has 0 saturated heterocycles. The van der Waals surface area contributed by atoms with Crippen molar-refractivity contribution in [2.75, 3.05) is 6.61 Å². The molecule has 0 bridgehead atoms. The summed E-state index contributed by atoms with van der Waals surface area (Å²) in [7, 11) is 0. The quantitative estimate of drug-likeness (QED) is 0.896. The van der Waals surface area contributed by atoms with E-state index in [1.165, 1.54) is 12.3 Å². The van der Waals surface area contributed by atoms with Gasteiger partial charge in [0.2, 0.25) is 0 Å². The van der Waals surface area contributed by atoms with Crippen LogP contribution in [0, 0.1) is 0 Å². The van der Waals surface area contributed by atoms with Crippen LogP contribution in [0.4, 0.5) is 8.78 Å². The van der Waals surface area contributed by atoms with Gasteiger partial charge in [0, 0.05) is 10.7 Å². The molecule has 0 aliphatic heterocycles. The predicted octanol–water partition coefficient (Wildman–Crippen LogP) is 1.89. The summed E-state index contributed by atoms with van der Waals surface area (Å²) >= 11 is 3.12. The standard InChI is InChI=1S/C8H9BrF2N2O.ClH/c9-5-1-2-6(13-3-5)7(12)8(10,11)4-14;/h1-3,7,14H,4,12H2;1H/t7-;/m0./s1. The number of aliphatic hydroxyl groups is 1. The molecule has 0 unspecified atom stereocenters. The molecule has 0 radical (unpaired) electrons. The van der Waals surface area contributed by atoms with Gasteiger partial charge in [-0.25, -0.2) is 8.78 Å². The van der Waals surface area contributed by atoms with Crippen LogP contribution >= 0.6 is 28.3 Å². The fourth-order valence-electron chi connectivity index (χ4n) is 0.886. The number of alkyl halides is 2. The molecule has 1 aromatic heterocycles. The van der Waals surface area contributed by atoms with Crippen LogP contribution in [0.3, 0.4) is 0 Å². The van der Waals surface area contributed by atoms with Crippen LogP contribution < -0.4 is 5.73 Å². The van der Waals surface area contributed by atoms with E-state index in [1.54, 1.807) is 6.07 Å². The van der Waals surface area contributed by atoms with E-state index in [9.17, 15) is 8.78 Å². The summed E-state index contributed by atoms with van der Waals surface area (Å²) < 4.78 is 26.5. The molecule has 7 heteroatoms. The first-order valence-electron chi connectivity index (χ1n) is 3.83. The maximum Gasteiger partial charge on any atom is 0.291 e. The van der Waals surface area contributed by atoms with Crippen molar-refractivity contribution in [1.82, 2.24) is 4.98 Å². The Morgan fingerprint density at radius 1 is 1.53 bits per heavy atom. The van der Waals surface area contributed by atoms with Crippen LogP contribution in [0.25, 0.3) is 0 Å². The molecule has 1 heterocycles. The molecule has 0 aromatic carbocycles. The summed E-state index contributed by atoms with van der Waals surface area (Å²) in [5, 5.41) is 8.41. The molecule has 3 N–H and O–H groups in total. The van der Waals surface area contributed by atoms with Gasteiger partial charge in [-0.15, -0.1) is 12.4 Å². The highest BCUT2D eigenvalue weighted by molar-refractivity contribution is 9.10. The van der Waals surface area contributed by atoms with Crippen molar-refractivity contribution >= 4 is 28.3 Å². The van der Waals surface area contributed by atoms with E-state index < -0.39 is 18.6 Å². The average Bonchev–Trinajstić information content (AvgIpc) is 2.18. The van der Waals surface area contributed by atoms with Gasteiger partial charge in [-0.05, 0) is 28.1 Å². The summed E-state index contributed by atoms with van der Waals surface area (Å²) in [5.41, 5.74) is 5.29. The molecule has 86 valence electrons. The lowest BCUT2D eigenvalue weighted by atomic mass is 10.1. The average molecular weight is 304 g/mol. The summed E-state index contributed by atoms with van der Waals surface area (Å²) in [4.78, 5) is 3.73. The van der Waals surface area contributed by atoms with Crippen LogP contribution in [0.1, 0.15) is 11.7 Å². The van der Waals surface area contributed by atoms with Gasteiger partial charge in [0.1, 0.15) is 12.6 Å². The Morgan fingerprint density at radius 3 is 2.53 bits per heavy atom. The maximum atomic E-state index is 12.9. The van der Waals surface area contributed by atoms with Gasteiger partial charge in [-0.2, -0.15) is 0 Å². The number of halogens is 4. The van der Waals surface area contributed by atoms with E-state index in [2.05, 4.69) is 20.9 Å². The van der Waals surface area contributed by atoms with Crippen molar-refractivity contribution in [3.63, 3.8) is 0 Å². The number of aromatic nitrogens is 1. The zero-order valence-corrected chi connectivity index (χ0v) is 9.93. The maximum absolute atomic E-state index is 12.9. The minimum atomic E-state index is -3.35. The Labute approximate surface area is 100 Å². The van der Waals surface area contributed by atoms with Crippen molar-refractivity contribution in [2.24, 2.45) is 5.73 Å². The highest BCUT2D eigenvalue weighted by atomic mass is 79.9. The number of pyridine rings is 1. The second-order valence-corrected chi connectivity index (χ2v) is 3.71. The smallest absolute Gasteiger partial charge is 0.291 e. The fourth-order valence-corrected chi connectivity index (χ4v) is 1.12. The molecule has 0 saturated carbocycles. The van der Waals surface area contributed by atoms with E-state index in [-0.39, 0.29) is 18.1 Å². The van der Waals surface area contributed by atoms with Crippen molar-refractivity contribution in [2.45, 2.75) is 12.0 Å². The lowest BCUT2D eigenvalue weighted by Crippen LogP contribution is -2.36. The van der Waals surface area contributed by atoms with Gasteiger partial charge in [-0.1, -0.05) is 0 Å². The molecule has 0 spiro atoms. The predicted molar refractivity (Wildman–Crippen MR) is 58.1 cm³/mol. The molecule has 0 amide bonds. The van der Waals surface area contributed by atoms with Crippen molar-refractivity contribution in [3.8, 4) is 0 Å². The summed E-state index contributed by atoms with van der Waals surface area (Å²) in [5.74, 6) is -3.35. The largest absolute Gasteiger partial charge is 0.390 e. The molecule has 1 aromatic rings. The molecule has 1 atom stereocenters. The Morgan fingerprint density at radius 2 is 2.13 bits per heavy atom. The molecule has 1 rings (SSSR count). The molecule has 0 aliphatic rings. The molecular weight excluding hydrogens is 293 g/mol. The first kappa shape index (κ1) is 14.7. The summed E-state index contributed by atoms with van der Waals surface area (Å²) in [6.07, 6.45) is 1.38. The number of nitrogens with two attached hydrogens (primary N) is 1. The van der Waals surface area contributed by atoms with E-state index in [1.807, 2.05) is 0 Å². The molecule has 0 aliphatic carbocycles. The molecule has 0 fully saturated rings. The first-order valence-corrected chi connectivity index (χ1v) is 4.62. The third-order valence-electron chi connectivity index (χ3n) is 1.73. The van der Waals surface area contributed by atoms with Crippen LogP contribution in [-0.2, 0) is 0 Å². The molecular formula is C8H10BrClF2N2O. The number of hydrogen-bond donors (Lipinski definition) is 2. The van der Waals surface area contributed by atoms with Gasteiger partial charge in [-0.3, -0.25) is 4.98 Å². The summed E-state index contributed by atoms with van der Waals surface area (Å²) in [6, 6.07) is 1.37. The van der Waals surface area contributed by atoms with Gasteiger partial charge in [0.15, 0.2) is 0 Å². The van der Waals surface area contributed by atoms with Crippen LogP contribution in [-0.4, -0.2) is 22.6 Å². The number of nitrogens with zero attached hydrogens (tertiary/aromatic N) is 1. The van der Waals surface area contributed by atoms with E-state index in [0.29, 0.717) is 4.47 Å². The lowest BCUT2D eigenvalue weighted by Gasteiger charge is -2.20. The Hall–Kier alpha value is -0.300. The van der Waals surface area contributed by atoms with Crippen LogP contribution in [0.2, 0.25) is 0 Å². The Balaban J connectivity index is 0.00000196. The topological polar surface area (TPSA) is 59.1 Å². The highest BCUT2D eigenvalue weighted by Gasteiger charge is 2.38. The number of hydrogen-bond acceptors (Lipinski definition) is 3. The lowest BCUT2D eigenvalue weighted by molar-refractivity contribution is -0.0721. The second-order valence-electron chi connectivity index (χ2n) is 2.80. The zero-order valence-electron chi connectivity index (χ0n) is 7.53. The van der Waals surface area contributed by atoms with E-state index >= 15 is 0 Å². The van der Waals surface area contributed by atoms with Crippen molar-refractivity contribution in [3.05, 3.63) is 28.5 Å². The monoisotopic (exact) mass is 302 g/mol. The van der Waals surface area contributed by atoms with Gasteiger partial charge in [0.05, 0.1) is 5.69 Å². The third-order valence-corrected chi connectivity index (χ3v) is 2.20. The van der Waals surface area contributed by atoms with Gasteiger partial charge < -0.3 is 10.8 Å². The van der Waals surface area contributed by atoms with E-state index in [0.717, 1.165) is 0 Å². The van der Waals surface area contributed by atoms with E-state index in [4.69, 9.17) is 10.8 Å². The Bertz CT molecular complexity index is 310. The van der Waals surface area contributed by atoms with Crippen molar-refractivity contribution in [1.29, 1.82) is 0 Å². The first-order chi connectivity index (χ1) is 6.47. The number of aliphatic hydroxyl groups excluding tert-OH is 1. The second kappa shape index (κ2) is 5.69. The minimum Gasteiger partial charge on any atom is -0.390 e. The minimum absolute atomic E-state index is 0.